The van der Waals surface area contributed by atoms with Gasteiger partial charge in [-0.15, -0.1) is 0 Å². The smallest absolute Gasteiger partial charge is 0.336 e. The van der Waals surface area contributed by atoms with Crippen molar-refractivity contribution in [1.82, 2.24) is 0 Å². The number of carbonyl (C=O) groups is 2. The molecule has 0 spiro atoms. The predicted octanol–water partition coefficient (Wildman–Crippen LogP) is 3.65. The summed E-state index contributed by atoms with van der Waals surface area (Å²) in [7, 11) is 0. The molecule has 2 aromatic rings. The van der Waals surface area contributed by atoms with Crippen molar-refractivity contribution >= 4 is 28.6 Å². The van der Waals surface area contributed by atoms with Crippen LogP contribution in [0.1, 0.15) is 20.7 Å². The lowest BCUT2D eigenvalue weighted by Crippen LogP contribution is -2.06. The molecule has 0 saturated heterocycles. The van der Waals surface area contributed by atoms with E-state index in [9.17, 15) is 25.2 Å². The van der Waals surface area contributed by atoms with Gasteiger partial charge in [0.15, 0.2) is 0 Å². The molecule has 0 aromatic heterocycles. The predicted molar refractivity (Wildman–Crippen MR) is 103 cm³/mol. The summed E-state index contributed by atoms with van der Waals surface area (Å²) in [5.74, 6) is -2.05. The molecule has 1 aliphatic carbocycles. The lowest BCUT2D eigenvalue weighted by Gasteiger charge is -2.18. The molecular weight excluding hydrogens is 360 g/mol. The van der Waals surface area contributed by atoms with Crippen LogP contribution < -0.4 is 11.1 Å². The molecule has 138 valence electrons. The van der Waals surface area contributed by atoms with Crippen LogP contribution in [0, 0.1) is 0 Å². The Morgan fingerprint density at radius 2 is 1.68 bits per heavy atom. The minimum absolute atomic E-state index is 0.0248. The van der Waals surface area contributed by atoms with E-state index in [4.69, 9.17) is 10.2 Å². The number of carboxylic acids is 2. The van der Waals surface area contributed by atoms with Crippen LogP contribution in [0.3, 0.4) is 0 Å². The average molecular weight is 373 g/mol. The molecule has 4 N–H and O–H groups in total. The zero-order chi connectivity index (χ0) is 20.0. The lowest BCUT2D eigenvalue weighted by atomic mass is 9.89. The topological polar surface area (TPSA) is 136 Å². The van der Waals surface area contributed by atoms with Gasteiger partial charge in [0.2, 0.25) is 0 Å². The summed E-state index contributed by atoms with van der Waals surface area (Å²) < 4.78 is 5.84. The number of hydrogen-bond acceptors (Lipinski definition) is 4. The lowest BCUT2D eigenvalue weighted by molar-refractivity contribution is 0.0682. The van der Waals surface area contributed by atoms with Gasteiger partial charge in [-0.05, 0) is 42.0 Å². The Bertz CT molecular complexity index is 1310. The van der Waals surface area contributed by atoms with Gasteiger partial charge < -0.3 is 25.8 Å². The van der Waals surface area contributed by atoms with Gasteiger partial charge in [-0.25, -0.2) is 9.59 Å². The van der Waals surface area contributed by atoms with Gasteiger partial charge >= 0.3 is 11.9 Å². The number of nitrogens with two attached hydrogens (primary N) is 1. The molecule has 0 amide bonds. The number of rotatable bonds is 3. The van der Waals surface area contributed by atoms with E-state index in [1.165, 1.54) is 30.3 Å². The Morgan fingerprint density at radius 1 is 0.893 bits per heavy atom. The van der Waals surface area contributed by atoms with Crippen LogP contribution in [0.15, 0.2) is 59.0 Å². The quantitative estimate of drug-likeness (QED) is 0.370. The minimum atomic E-state index is -1.19. The van der Waals surface area contributed by atoms with Crippen molar-refractivity contribution in [1.29, 1.82) is 0 Å². The first-order chi connectivity index (χ1) is 13.3. The van der Waals surface area contributed by atoms with Gasteiger partial charge in [0.05, 0.1) is 11.1 Å². The van der Waals surface area contributed by atoms with Crippen molar-refractivity contribution in [2.45, 2.75) is 0 Å². The number of nitrogens with zero attached hydrogens (tertiary/aromatic N) is 1. The number of hydrogen-bond donors (Lipinski definition) is 3. The van der Waals surface area contributed by atoms with Gasteiger partial charge in [0.1, 0.15) is 11.3 Å². The van der Waals surface area contributed by atoms with E-state index >= 15 is 0 Å². The summed E-state index contributed by atoms with van der Waals surface area (Å²) in [4.78, 5) is 23.3. The van der Waals surface area contributed by atoms with Gasteiger partial charge in [-0.2, -0.15) is 5.36 Å². The first-order valence-corrected chi connectivity index (χ1v) is 8.24. The van der Waals surface area contributed by atoms with Crippen molar-refractivity contribution in [2.24, 2.45) is 0 Å². The maximum absolute atomic E-state index is 11.8. The third-order valence-corrected chi connectivity index (χ3v) is 4.50. The van der Waals surface area contributed by atoms with Gasteiger partial charge in [-0.3, -0.25) is 0 Å². The molecule has 0 bridgehead atoms. The van der Waals surface area contributed by atoms with E-state index in [1.54, 1.807) is 24.3 Å². The number of fused-ring (bicyclic) bond motifs is 2. The van der Waals surface area contributed by atoms with E-state index in [2.05, 4.69) is 0 Å². The second kappa shape index (κ2) is 6.24. The van der Waals surface area contributed by atoms with Crippen LogP contribution in [-0.4, -0.2) is 22.2 Å². The number of anilines is 1. The summed E-state index contributed by atoms with van der Waals surface area (Å²) in [6, 6.07) is 13.2. The van der Waals surface area contributed by atoms with Crippen LogP contribution in [0.5, 0.6) is 0 Å². The minimum Gasteiger partial charge on any atom is -0.804 e. The molecule has 0 atom stereocenters. The van der Waals surface area contributed by atoms with Crippen molar-refractivity contribution in [3.05, 3.63) is 76.5 Å². The molecule has 2 aliphatic rings. The first-order valence-electron chi connectivity index (χ1n) is 8.24. The van der Waals surface area contributed by atoms with Crippen molar-refractivity contribution in [3.63, 3.8) is 0 Å². The number of nitrogen functional groups attached to an aromatic ring is 1. The fourth-order valence-corrected chi connectivity index (χ4v) is 3.26. The monoisotopic (exact) mass is 373 g/mol. The Labute approximate surface area is 158 Å². The Hall–Kier alpha value is -4.13. The molecule has 28 heavy (non-hydrogen) atoms. The third kappa shape index (κ3) is 2.75. The fourth-order valence-electron chi connectivity index (χ4n) is 3.26. The standard InChI is InChI=1S/C21H13N2O5/c22-11-2-5-14-17(8-11)28-18-9-12(23)3-6-15(18)19(14)16-7-10(20(24)25)1-4-13(16)21(26)27/h1-9H,22H2,(H,24,25)(H,26,27)/q-1. The summed E-state index contributed by atoms with van der Waals surface area (Å²) in [6.45, 7) is 0. The molecule has 7 nitrogen and oxygen atoms in total. The van der Waals surface area contributed by atoms with E-state index in [0.29, 0.717) is 33.5 Å². The second-order valence-corrected chi connectivity index (χ2v) is 6.28. The Kier molecular flexibility index (Phi) is 3.85. The molecule has 7 heteroatoms. The van der Waals surface area contributed by atoms with Crippen molar-refractivity contribution in [3.8, 4) is 22.5 Å². The molecule has 4 rings (SSSR count). The van der Waals surface area contributed by atoms with Crippen LogP contribution in [-0.2, 0) is 0 Å². The number of carboxylic acid groups (broad SMARTS) is 2. The molecule has 2 aromatic carbocycles. The van der Waals surface area contributed by atoms with E-state index in [-0.39, 0.29) is 22.0 Å². The normalized spacial score (nSPS) is 11.0. The average Bonchev–Trinajstić information content (AvgIpc) is 2.65. The first kappa shape index (κ1) is 17.3. The van der Waals surface area contributed by atoms with Gasteiger partial charge in [-0.1, -0.05) is 12.1 Å². The van der Waals surface area contributed by atoms with E-state index in [1.807, 2.05) is 0 Å². The molecule has 0 saturated carbocycles. The Morgan fingerprint density at radius 3 is 2.39 bits per heavy atom. The summed E-state index contributed by atoms with van der Waals surface area (Å²) in [6.07, 6.45) is 0. The number of aromatic carboxylic acids is 2. The van der Waals surface area contributed by atoms with Crippen LogP contribution >= 0.6 is 0 Å². The molecule has 0 unspecified atom stereocenters. The van der Waals surface area contributed by atoms with E-state index in [0.717, 1.165) is 0 Å². The van der Waals surface area contributed by atoms with Crippen molar-refractivity contribution in [2.75, 3.05) is 5.73 Å². The zero-order valence-corrected chi connectivity index (χ0v) is 14.3. The van der Waals surface area contributed by atoms with Crippen LogP contribution in [0.2, 0.25) is 0 Å². The van der Waals surface area contributed by atoms with Gasteiger partial charge in [0.25, 0.3) is 0 Å². The molecular formula is C21H13N2O5-. The molecule has 0 radical (unpaired) electrons. The largest absolute Gasteiger partial charge is 0.804 e. The second-order valence-electron chi connectivity index (χ2n) is 6.28. The van der Waals surface area contributed by atoms with Crippen LogP contribution in [0.25, 0.3) is 38.8 Å². The summed E-state index contributed by atoms with van der Waals surface area (Å²) >= 11 is 0. The maximum atomic E-state index is 11.8. The number of benzene rings is 3. The van der Waals surface area contributed by atoms with Crippen molar-refractivity contribution < 1.29 is 24.2 Å². The highest BCUT2D eigenvalue weighted by molar-refractivity contribution is 6.08. The SMILES string of the molecule is [N-]=c1ccc2c(-c3cc(C(=O)O)ccc3C(=O)O)c3ccc(N)cc3oc-2c1. The molecule has 1 heterocycles. The zero-order valence-electron chi connectivity index (χ0n) is 14.3. The highest BCUT2D eigenvalue weighted by atomic mass is 16.4. The fraction of sp³-hybridized carbons (Fsp3) is 0. The highest BCUT2D eigenvalue weighted by Crippen LogP contribution is 2.41. The molecule has 1 aliphatic heterocycles. The summed E-state index contributed by atoms with van der Waals surface area (Å²) in [5, 5.41) is 29.4. The van der Waals surface area contributed by atoms with E-state index < -0.39 is 11.9 Å². The Balaban J connectivity index is 2.22. The highest BCUT2D eigenvalue weighted by Gasteiger charge is 2.22. The third-order valence-electron chi connectivity index (χ3n) is 4.50. The summed E-state index contributed by atoms with van der Waals surface area (Å²) in [5.41, 5.74) is 7.82. The maximum Gasteiger partial charge on any atom is 0.336 e. The molecule has 0 fully saturated rings. The van der Waals surface area contributed by atoms with Gasteiger partial charge in [0, 0.05) is 28.3 Å². The van der Waals surface area contributed by atoms with Crippen LogP contribution in [0.4, 0.5) is 5.69 Å².